The zero-order valence-electron chi connectivity index (χ0n) is 14.0. The van der Waals surface area contributed by atoms with E-state index >= 15 is 0 Å². The van der Waals surface area contributed by atoms with Crippen LogP contribution in [0.1, 0.15) is 33.3 Å². The smallest absolute Gasteiger partial charge is 0.315 e. The standard InChI is InChI=1S/C16H25N3O4/c1-11(2)14(20)16(3,4)10-18-15(21)17-9-12-5-7-13(8-6-12)19(22)23/h5-8,11,14,20H,9-10H2,1-4H3,(H2,17,18,21). The van der Waals surface area contributed by atoms with Gasteiger partial charge in [-0.15, -0.1) is 0 Å². The Morgan fingerprint density at radius 2 is 1.83 bits per heavy atom. The van der Waals surface area contributed by atoms with Crippen LogP contribution in [0.25, 0.3) is 0 Å². The Kier molecular flexibility index (Phi) is 6.50. The zero-order chi connectivity index (χ0) is 17.6. The lowest BCUT2D eigenvalue weighted by molar-refractivity contribution is -0.384. The van der Waals surface area contributed by atoms with Crippen molar-refractivity contribution >= 4 is 11.7 Å². The number of aliphatic hydroxyl groups is 1. The first-order chi connectivity index (χ1) is 10.6. The van der Waals surface area contributed by atoms with Crippen LogP contribution in [0.4, 0.5) is 10.5 Å². The van der Waals surface area contributed by atoms with Gasteiger partial charge in [-0.25, -0.2) is 4.79 Å². The number of hydrogen-bond donors (Lipinski definition) is 3. The number of hydrogen-bond acceptors (Lipinski definition) is 4. The van der Waals surface area contributed by atoms with E-state index in [0.717, 1.165) is 5.56 Å². The summed E-state index contributed by atoms with van der Waals surface area (Å²) in [4.78, 5) is 21.9. The fourth-order valence-corrected chi connectivity index (χ4v) is 2.30. The number of rotatable bonds is 7. The Bertz CT molecular complexity index is 541. The van der Waals surface area contributed by atoms with Crippen LogP contribution >= 0.6 is 0 Å². The molecule has 0 spiro atoms. The van der Waals surface area contributed by atoms with E-state index in [4.69, 9.17) is 0 Å². The Hall–Kier alpha value is -2.15. The summed E-state index contributed by atoms with van der Waals surface area (Å²) in [5.74, 6) is 0.106. The summed E-state index contributed by atoms with van der Waals surface area (Å²) in [7, 11) is 0. The predicted molar refractivity (Wildman–Crippen MR) is 88.0 cm³/mol. The Morgan fingerprint density at radius 1 is 1.26 bits per heavy atom. The molecule has 1 rings (SSSR count). The van der Waals surface area contributed by atoms with Crippen molar-refractivity contribution in [2.24, 2.45) is 11.3 Å². The van der Waals surface area contributed by atoms with E-state index < -0.39 is 16.4 Å². The third-order valence-electron chi connectivity index (χ3n) is 3.74. The Balaban J connectivity index is 2.44. The molecule has 0 bridgehead atoms. The molecule has 0 aromatic heterocycles. The number of benzene rings is 1. The molecule has 0 fully saturated rings. The maximum absolute atomic E-state index is 11.8. The molecule has 3 N–H and O–H groups in total. The van der Waals surface area contributed by atoms with Crippen LogP contribution in [0, 0.1) is 21.4 Å². The van der Waals surface area contributed by atoms with Crippen molar-refractivity contribution < 1.29 is 14.8 Å². The number of carbonyl (C=O) groups is 1. The molecule has 1 atom stereocenters. The molecular weight excluding hydrogens is 298 g/mol. The third-order valence-corrected chi connectivity index (χ3v) is 3.74. The second-order valence-corrected chi connectivity index (χ2v) is 6.64. The fourth-order valence-electron chi connectivity index (χ4n) is 2.30. The van der Waals surface area contributed by atoms with Gasteiger partial charge in [-0.05, 0) is 11.5 Å². The highest BCUT2D eigenvalue weighted by Gasteiger charge is 2.30. The summed E-state index contributed by atoms with van der Waals surface area (Å²) in [5.41, 5.74) is 0.355. The molecule has 128 valence electrons. The van der Waals surface area contributed by atoms with Crippen molar-refractivity contribution in [2.45, 2.75) is 40.3 Å². The monoisotopic (exact) mass is 323 g/mol. The first-order valence-electron chi connectivity index (χ1n) is 7.56. The minimum atomic E-state index is -0.516. The molecule has 0 aliphatic carbocycles. The van der Waals surface area contributed by atoms with E-state index in [1.54, 1.807) is 12.1 Å². The summed E-state index contributed by atoms with van der Waals surface area (Å²) in [6.45, 7) is 8.28. The summed E-state index contributed by atoms with van der Waals surface area (Å²) < 4.78 is 0. The number of non-ortho nitro benzene ring substituents is 1. The van der Waals surface area contributed by atoms with E-state index in [1.165, 1.54) is 12.1 Å². The zero-order valence-corrected chi connectivity index (χ0v) is 14.0. The van der Waals surface area contributed by atoms with Gasteiger partial charge in [0.15, 0.2) is 0 Å². The number of urea groups is 1. The van der Waals surface area contributed by atoms with Crippen molar-refractivity contribution in [3.63, 3.8) is 0 Å². The van der Waals surface area contributed by atoms with Crippen molar-refractivity contribution in [2.75, 3.05) is 6.54 Å². The minimum absolute atomic E-state index is 0.0163. The van der Waals surface area contributed by atoms with Gasteiger partial charge in [-0.2, -0.15) is 0 Å². The Morgan fingerprint density at radius 3 is 2.30 bits per heavy atom. The molecule has 7 nitrogen and oxygen atoms in total. The highest BCUT2D eigenvalue weighted by Crippen LogP contribution is 2.24. The van der Waals surface area contributed by atoms with Gasteiger partial charge in [-0.3, -0.25) is 10.1 Å². The molecular formula is C16H25N3O4. The molecule has 0 saturated heterocycles. The lowest BCUT2D eigenvalue weighted by atomic mass is 9.81. The maximum atomic E-state index is 11.8. The summed E-state index contributed by atoms with van der Waals surface area (Å²) in [6, 6.07) is 5.66. The van der Waals surface area contributed by atoms with Crippen LogP contribution in [0.2, 0.25) is 0 Å². The quantitative estimate of drug-likeness (QED) is 0.529. The molecule has 1 aromatic rings. The normalized spacial score (nSPS) is 12.8. The van der Waals surface area contributed by atoms with E-state index in [1.807, 2.05) is 27.7 Å². The third kappa shape index (κ3) is 5.86. The van der Waals surface area contributed by atoms with Crippen molar-refractivity contribution in [3.8, 4) is 0 Å². The second kappa shape index (κ2) is 7.92. The summed E-state index contributed by atoms with van der Waals surface area (Å²) in [6.07, 6.45) is -0.516. The number of carbonyl (C=O) groups excluding carboxylic acids is 1. The van der Waals surface area contributed by atoms with Gasteiger partial charge in [0, 0.05) is 30.6 Å². The average molecular weight is 323 g/mol. The van der Waals surface area contributed by atoms with Gasteiger partial charge < -0.3 is 15.7 Å². The molecule has 7 heteroatoms. The first kappa shape index (κ1) is 18.9. The van der Waals surface area contributed by atoms with Crippen LogP contribution in [-0.4, -0.2) is 28.7 Å². The van der Waals surface area contributed by atoms with Crippen LogP contribution < -0.4 is 10.6 Å². The van der Waals surface area contributed by atoms with Gasteiger partial charge in [0.25, 0.3) is 5.69 Å². The highest BCUT2D eigenvalue weighted by atomic mass is 16.6. The highest BCUT2D eigenvalue weighted by molar-refractivity contribution is 5.73. The van der Waals surface area contributed by atoms with Gasteiger partial charge >= 0.3 is 6.03 Å². The molecule has 0 aliphatic rings. The minimum Gasteiger partial charge on any atom is -0.392 e. The number of nitrogens with one attached hydrogen (secondary N) is 2. The maximum Gasteiger partial charge on any atom is 0.315 e. The Labute approximate surface area is 136 Å². The van der Waals surface area contributed by atoms with Crippen LogP contribution in [0.5, 0.6) is 0 Å². The lowest BCUT2D eigenvalue weighted by Crippen LogP contribution is -2.46. The molecule has 0 radical (unpaired) electrons. The molecule has 2 amide bonds. The largest absolute Gasteiger partial charge is 0.392 e. The summed E-state index contributed by atoms with van der Waals surface area (Å²) in [5, 5.41) is 26.1. The molecule has 0 aliphatic heterocycles. The number of nitrogens with zero attached hydrogens (tertiary/aromatic N) is 1. The number of amides is 2. The number of nitro benzene ring substituents is 1. The van der Waals surface area contributed by atoms with Crippen LogP contribution in [0.3, 0.4) is 0 Å². The second-order valence-electron chi connectivity index (χ2n) is 6.64. The lowest BCUT2D eigenvalue weighted by Gasteiger charge is -2.33. The van der Waals surface area contributed by atoms with Crippen molar-refractivity contribution in [1.29, 1.82) is 0 Å². The van der Waals surface area contributed by atoms with E-state index in [0.29, 0.717) is 6.54 Å². The molecule has 0 heterocycles. The topological polar surface area (TPSA) is 104 Å². The van der Waals surface area contributed by atoms with Crippen molar-refractivity contribution in [3.05, 3.63) is 39.9 Å². The van der Waals surface area contributed by atoms with Crippen LogP contribution in [0.15, 0.2) is 24.3 Å². The number of nitro groups is 1. The molecule has 1 unspecified atom stereocenters. The fraction of sp³-hybridized carbons (Fsp3) is 0.562. The van der Waals surface area contributed by atoms with E-state index in [2.05, 4.69) is 10.6 Å². The molecule has 1 aromatic carbocycles. The van der Waals surface area contributed by atoms with Gasteiger partial charge in [0.05, 0.1) is 11.0 Å². The first-order valence-corrected chi connectivity index (χ1v) is 7.56. The summed E-state index contributed by atoms with van der Waals surface area (Å²) >= 11 is 0. The van der Waals surface area contributed by atoms with Crippen molar-refractivity contribution in [1.82, 2.24) is 10.6 Å². The number of aliphatic hydroxyl groups excluding tert-OH is 1. The van der Waals surface area contributed by atoms with Crippen LogP contribution in [-0.2, 0) is 6.54 Å². The van der Waals surface area contributed by atoms with E-state index in [-0.39, 0.29) is 24.2 Å². The molecule has 0 saturated carbocycles. The average Bonchev–Trinajstić information content (AvgIpc) is 2.50. The SMILES string of the molecule is CC(C)C(O)C(C)(C)CNC(=O)NCc1ccc([N+](=O)[O-])cc1. The van der Waals surface area contributed by atoms with Gasteiger partial charge in [0.1, 0.15) is 0 Å². The van der Waals surface area contributed by atoms with Gasteiger partial charge in [0.2, 0.25) is 0 Å². The predicted octanol–water partition coefficient (Wildman–Crippen LogP) is 2.44. The van der Waals surface area contributed by atoms with Gasteiger partial charge in [-0.1, -0.05) is 39.8 Å². The van der Waals surface area contributed by atoms with E-state index in [9.17, 15) is 20.0 Å². The molecule has 23 heavy (non-hydrogen) atoms.